The maximum atomic E-state index is 12.5. The van der Waals surface area contributed by atoms with Crippen LogP contribution in [0.3, 0.4) is 0 Å². The molecule has 3 rings (SSSR count). The lowest BCUT2D eigenvalue weighted by molar-refractivity contribution is -0.115. The molecule has 1 atom stereocenters. The van der Waals surface area contributed by atoms with E-state index in [9.17, 15) is 4.79 Å². The molecule has 0 spiro atoms. The topological polar surface area (TPSA) is 59.8 Å². The third kappa shape index (κ3) is 4.20. The van der Waals surface area contributed by atoms with Crippen molar-refractivity contribution in [2.24, 2.45) is 0 Å². The number of aryl methyl sites for hydroxylation is 1. The number of rotatable bonds is 5. The van der Waals surface area contributed by atoms with Crippen LogP contribution in [0.4, 0.5) is 5.69 Å². The van der Waals surface area contributed by atoms with Crippen molar-refractivity contribution in [2.45, 2.75) is 24.3 Å². The Kier molecular flexibility index (Phi) is 5.86. The number of anilines is 1. The molecular formula is C18H16Cl2N4OS. The highest BCUT2D eigenvalue weighted by molar-refractivity contribution is 8.00. The standard InChI is InChI=1S/C18H16Cl2N4OS/c1-11(17(25)21-16-9-8-13(19)10-15(16)20)26-18-23-22-12(2)24(18)14-6-4-3-5-7-14/h3-11H,1-2H3,(H,21,25). The normalized spacial score (nSPS) is 12.0. The molecule has 1 aromatic heterocycles. The number of hydrogen-bond acceptors (Lipinski definition) is 4. The molecule has 0 aliphatic rings. The maximum Gasteiger partial charge on any atom is 0.237 e. The van der Waals surface area contributed by atoms with Gasteiger partial charge in [-0.3, -0.25) is 9.36 Å². The summed E-state index contributed by atoms with van der Waals surface area (Å²) in [6, 6.07) is 14.7. The summed E-state index contributed by atoms with van der Waals surface area (Å²) in [6.07, 6.45) is 0. The number of amides is 1. The van der Waals surface area contributed by atoms with Crippen molar-refractivity contribution < 1.29 is 4.79 Å². The second kappa shape index (κ2) is 8.12. The van der Waals surface area contributed by atoms with Crippen LogP contribution < -0.4 is 5.32 Å². The zero-order chi connectivity index (χ0) is 18.7. The quantitative estimate of drug-likeness (QED) is 0.605. The molecule has 0 fully saturated rings. The van der Waals surface area contributed by atoms with Crippen LogP contribution in [0.15, 0.2) is 53.7 Å². The Bertz CT molecular complexity index is 930. The van der Waals surface area contributed by atoms with Crippen LogP contribution in [0.1, 0.15) is 12.7 Å². The minimum atomic E-state index is -0.396. The number of carbonyl (C=O) groups excluding carboxylic acids is 1. The SMILES string of the molecule is Cc1nnc(SC(C)C(=O)Nc2ccc(Cl)cc2Cl)n1-c1ccccc1. The molecule has 5 nitrogen and oxygen atoms in total. The lowest BCUT2D eigenvalue weighted by Gasteiger charge is -2.14. The number of halogens is 2. The van der Waals surface area contributed by atoms with E-state index >= 15 is 0 Å². The van der Waals surface area contributed by atoms with Gasteiger partial charge in [0.05, 0.1) is 16.0 Å². The smallest absolute Gasteiger partial charge is 0.237 e. The number of benzene rings is 2. The van der Waals surface area contributed by atoms with Crippen LogP contribution in [0.5, 0.6) is 0 Å². The molecule has 26 heavy (non-hydrogen) atoms. The van der Waals surface area contributed by atoms with Crippen molar-refractivity contribution in [2.75, 3.05) is 5.32 Å². The predicted octanol–water partition coefficient (Wildman–Crippen LogP) is 5.00. The fourth-order valence-corrected chi connectivity index (χ4v) is 3.70. The second-order valence-electron chi connectivity index (χ2n) is 5.57. The van der Waals surface area contributed by atoms with Gasteiger partial charge in [-0.2, -0.15) is 0 Å². The highest BCUT2D eigenvalue weighted by Crippen LogP contribution is 2.29. The molecule has 1 unspecified atom stereocenters. The number of hydrogen-bond donors (Lipinski definition) is 1. The fraction of sp³-hybridized carbons (Fsp3) is 0.167. The largest absolute Gasteiger partial charge is 0.324 e. The van der Waals surface area contributed by atoms with Gasteiger partial charge in [-0.05, 0) is 44.2 Å². The Balaban J connectivity index is 1.76. The van der Waals surface area contributed by atoms with Gasteiger partial charge in [-0.1, -0.05) is 53.2 Å². The van der Waals surface area contributed by atoms with E-state index in [1.807, 2.05) is 48.7 Å². The number of aromatic nitrogens is 3. The predicted molar refractivity (Wildman–Crippen MR) is 107 cm³/mol. The van der Waals surface area contributed by atoms with E-state index in [0.717, 1.165) is 11.5 Å². The van der Waals surface area contributed by atoms with Gasteiger partial charge in [-0.15, -0.1) is 10.2 Å². The van der Waals surface area contributed by atoms with E-state index in [1.165, 1.54) is 11.8 Å². The van der Waals surface area contributed by atoms with Crippen LogP contribution in [0.2, 0.25) is 10.0 Å². The molecule has 0 saturated heterocycles. The Labute approximate surface area is 165 Å². The molecule has 1 N–H and O–H groups in total. The van der Waals surface area contributed by atoms with Gasteiger partial charge >= 0.3 is 0 Å². The summed E-state index contributed by atoms with van der Waals surface area (Å²) in [5, 5.41) is 12.3. The number of para-hydroxylation sites is 1. The molecule has 8 heteroatoms. The van der Waals surface area contributed by atoms with Gasteiger partial charge < -0.3 is 5.32 Å². The lowest BCUT2D eigenvalue weighted by atomic mass is 10.3. The average Bonchev–Trinajstić information content (AvgIpc) is 2.98. The Morgan fingerprint density at radius 2 is 1.88 bits per heavy atom. The zero-order valence-electron chi connectivity index (χ0n) is 14.1. The molecule has 0 aliphatic heterocycles. The molecular weight excluding hydrogens is 391 g/mol. The first kappa shape index (κ1) is 18.8. The Morgan fingerprint density at radius 3 is 2.58 bits per heavy atom. The summed E-state index contributed by atoms with van der Waals surface area (Å²) in [6.45, 7) is 3.69. The molecule has 3 aromatic rings. The first-order valence-electron chi connectivity index (χ1n) is 7.85. The van der Waals surface area contributed by atoms with Crippen LogP contribution in [0, 0.1) is 6.92 Å². The van der Waals surface area contributed by atoms with Gasteiger partial charge in [-0.25, -0.2) is 0 Å². The van der Waals surface area contributed by atoms with Gasteiger partial charge in [0.15, 0.2) is 5.16 Å². The van der Waals surface area contributed by atoms with Crippen molar-refractivity contribution in [3.63, 3.8) is 0 Å². The van der Waals surface area contributed by atoms with E-state index < -0.39 is 5.25 Å². The summed E-state index contributed by atoms with van der Waals surface area (Å²) in [4.78, 5) is 12.5. The molecule has 0 radical (unpaired) electrons. The summed E-state index contributed by atoms with van der Waals surface area (Å²) >= 11 is 13.3. The maximum absolute atomic E-state index is 12.5. The Hall–Kier alpha value is -2.02. The van der Waals surface area contributed by atoms with Crippen molar-refractivity contribution in [3.05, 3.63) is 64.4 Å². The number of nitrogens with one attached hydrogen (secondary N) is 1. The molecule has 0 aliphatic carbocycles. The summed E-state index contributed by atoms with van der Waals surface area (Å²) in [7, 11) is 0. The molecule has 0 bridgehead atoms. The molecule has 1 amide bonds. The van der Waals surface area contributed by atoms with Crippen molar-refractivity contribution in [3.8, 4) is 5.69 Å². The first-order chi connectivity index (χ1) is 12.5. The first-order valence-corrected chi connectivity index (χ1v) is 9.49. The number of nitrogens with zero attached hydrogens (tertiary/aromatic N) is 3. The molecule has 134 valence electrons. The van der Waals surface area contributed by atoms with Crippen LogP contribution in [-0.4, -0.2) is 25.9 Å². The highest BCUT2D eigenvalue weighted by Gasteiger charge is 2.20. The molecule has 2 aromatic carbocycles. The van der Waals surface area contributed by atoms with E-state index in [0.29, 0.717) is 20.9 Å². The van der Waals surface area contributed by atoms with E-state index in [-0.39, 0.29) is 5.91 Å². The minimum Gasteiger partial charge on any atom is -0.324 e. The van der Waals surface area contributed by atoms with Crippen molar-refractivity contribution in [1.29, 1.82) is 0 Å². The van der Waals surface area contributed by atoms with E-state index in [2.05, 4.69) is 15.5 Å². The van der Waals surface area contributed by atoms with E-state index in [4.69, 9.17) is 23.2 Å². The van der Waals surface area contributed by atoms with Gasteiger partial charge in [0.25, 0.3) is 0 Å². The van der Waals surface area contributed by atoms with Gasteiger partial charge in [0, 0.05) is 10.7 Å². The number of carbonyl (C=O) groups is 1. The van der Waals surface area contributed by atoms with Crippen LogP contribution in [-0.2, 0) is 4.79 Å². The third-order valence-electron chi connectivity index (χ3n) is 3.65. The Morgan fingerprint density at radius 1 is 1.15 bits per heavy atom. The third-order valence-corrected chi connectivity index (χ3v) is 5.24. The van der Waals surface area contributed by atoms with Gasteiger partial charge in [0.1, 0.15) is 5.82 Å². The molecule has 0 saturated carbocycles. The monoisotopic (exact) mass is 406 g/mol. The summed E-state index contributed by atoms with van der Waals surface area (Å²) < 4.78 is 1.92. The van der Waals surface area contributed by atoms with Crippen LogP contribution >= 0.6 is 35.0 Å². The minimum absolute atomic E-state index is 0.181. The lowest BCUT2D eigenvalue weighted by Crippen LogP contribution is -2.23. The van der Waals surface area contributed by atoms with Crippen molar-refractivity contribution in [1.82, 2.24) is 14.8 Å². The summed E-state index contributed by atoms with van der Waals surface area (Å²) in [5.74, 6) is 0.576. The second-order valence-corrected chi connectivity index (χ2v) is 7.73. The van der Waals surface area contributed by atoms with Crippen LogP contribution in [0.25, 0.3) is 5.69 Å². The zero-order valence-corrected chi connectivity index (χ0v) is 16.4. The highest BCUT2D eigenvalue weighted by atomic mass is 35.5. The van der Waals surface area contributed by atoms with Gasteiger partial charge in [0.2, 0.25) is 5.91 Å². The average molecular weight is 407 g/mol. The summed E-state index contributed by atoms with van der Waals surface area (Å²) in [5.41, 5.74) is 1.47. The van der Waals surface area contributed by atoms with E-state index in [1.54, 1.807) is 18.2 Å². The molecule has 1 heterocycles. The number of thioether (sulfide) groups is 1. The van der Waals surface area contributed by atoms with Crippen molar-refractivity contribution >= 4 is 46.6 Å². The fourth-order valence-electron chi connectivity index (χ4n) is 2.33.